The highest BCUT2D eigenvalue weighted by Crippen LogP contribution is 2.19. The molecule has 0 atom stereocenters. The summed E-state index contributed by atoms with van der Waals surface area (Å²) >= 11 is 0. The first-order valence-corrected chi connectivity index (χ1v) is 7.15. The van der Waals surface area contributed by atoms with Gasteiger partial charge in [-0.1, -0.05) is 43.1 Å². The zero-order valence-corrected chi connectivity index (χ0v) is 13.0. The molecule has 0 heterocycles. The first-order valence-electron chi connectivity index (χ1n) is 7.15. The predicted molar refractivity (Wildman–Crippen MR) is 87.3 cm³/mol. The second kappa shape index (κ2) is 8.81. The monoisotopic (exact) mass is 282 g/mol. The fourth-order valence-electron chi connectivity index (χ4n) is 1.65. The van der Waals surface area contributed by atoms with Gasteiger partial charge in [-0.25, -0.2) is 4.79 Å². The van der Waals surface area contributed by atoms with Crippen molar-refractivity contribution in [2.75, 3.05) is 0 Å². The van der Waals surface area contributed by atoms with Crippen LogP contribution in [0, 0.1) is 11.8 Å². The van der Waals surface area contributed by atoms with Gasteiger partial charge in [-0.3, -0.25) is 0 Å². The van der Waals surface area contributed by atoms with Crippen LogP contribution in [0.15, 0.2) is 59.4 Å². The van der Waals surface area contributed by atoms with Gasteiger partial charge in [-0.2, -0.15) is 0 Å². The molecular weight excluding hydrogens is 260 g/mol. The van der Waals surface area contributed by atoms with E-state index in [9.17, 15) is 4.79 Å². The van der Waals surface area contributed by atoms with Gasteiger partial charge in [0.1, 0.15) is 5.76 Å². The van der Waals surface area contributed by atoms with Crippen molar-refractivity contribution in [3.63, 3.8) is 0 Å². The molecule has 0 aromatic carbocycles. The molecule has 0 N–H and O–H groups in total. The van der Waals surface area contributed by atoms with Gasteiger partial charge in [0.15, 0.2) is 0 Å². The Balaban J connectivity index is 2.75. The molecule has 2 heteroatoms. The van der Waals surface area contributed by atoms with Gasteiger partial charge in [0.05, 0.1) is 0 Å². The van der Waals surface area contributed by atoms with Gasteiger partial charge in [0.2, 0.25) is 0 Å². The molecule has 2 nitrogen and oxygen atoms in total. The smallest absolute Gasteiger partial charge is 0.335 e. The summed E-state index contributed by atoms with van der Waals surface area (Å²) in [5.74, 6) is 6.65. The second-order valence-corrected chi connectivity index (χ2v) is 4.99. The summed E-state index contributed by atoms with van der Waals surface area (Å²) in [4.78, 5) is 11.1. The quantitative estimate of drug-likeness (QED) is 0.325. The third-order valence-corrected chi connectivity index (χ3v) is 2.89. The first kappa shape index (κ1) is 16.8. The number of hydrogen-bond donors (Lipinski definition) is 0. The maximum Gasteiger partial charge on any atom is 0.335 e. The van der Waals surface area contributed by atoms with Gasteiger partial charge in [-0.05, 0) is 38.8 Å². The number of esters is 1. The minimum absolute atomic E-state index is 0.415. The number of rotatable bonds is 4. The third kappa shape index (κ3) is 6.63. The molecule has 21 heavy (non-hydrogen) atoms. The van der Waals surface area contributed by atoms with E-state index in [-0.39, 0.29) is 0 Å². The van der Waals surface area contributed by atoms with Crippen molar-refractivity contribution in [3.8, 4) is 11.8 Å². The van der Waals surface area contributed by atoms with Crippen LogP contribution >= 0.6 is 0 Å². The van der Waals surface area contributed by atoms with E-state index in [0.29, 0.717) is 12.2 Å². The Labute approximate surface area is 127 Å². The van der Waals surface area contributed by atoms with Crippen molar-refractivity contribution in [1.82, 2.24) is 0 Å². The SMILES string of the molecule is C=CC(=O)OC1=CC=C(C#C/C(=C/C=C(C)C)CC)CC1. The second-order valence-electron chi connectivity index (χ2n) is 4.99. The van der Waals surface area contributed by atoms with E-state index in [1.54, 1.807) is 6.08 Å². The number of hydrogen-bond acceptors (Lipinski definition) is 2. The number of allylic oxidation sites excluding steroid dienone is 8. The number of carbonyl (C=O) groups excluding carboxylic acids is 1. The number of carbonyl (C=O) groups is 1. The average Bonchev–Trinajstić information content (AvgIpc) is 2.48. The van der Waals surface area contributed by atoms with Gasteiger partial charge in [0, 0.05) is 23.6 Å². The average molecular weight is 282 g/mol. The molecule has 0 unspecified atom stereocenters. The standard InChI is InChI=1S/C19H22O2/c1-5-16(8-7-15(3)4)9-10-17-11-13-18(14-12-17)21-19(20)6-2/h6-8,11,13H,2,5,12,14H2,1,3-4H3/b16-8+. The van der Waals surface area contributed by atoms with Crippen molar-refractivity contribution >= 4 is 5.97 Å². The van der Waals surface area contributed by atoms with Gasteiger partial charge in [0.25, 0.3) is 0 Å². The summed E-state index contributed by atoms with van der Waals surface area (Å²) in [6, 6.07) is 0. The molecule has 0 spiro atoms. The van der Waals surface area contributed by atoms with Crippen LogP contribution in [0.3, 0.4) is 0 Å². The van der Waals surface area contributed by atoms with Crippen molar-refractivity contribution in [1.29, 1.82) is 0 Å². The molecule has 0 radical (unpaired) electrons. The summed E-state index contributed by atoms with van der Waals surface area (Å²) in [5, 5.41) is 0. The van der Waals surface area contributed by atoms with Crippen LogP contribution in [-0.2, 0) is 9.53 Å². The lowest BCUT2D eigenvalue weighted by molar-refractivity contribution is -0.134. The van der Waals surface area contributed by atoms with E-state index >= 15 is 0 Å². The van der Waals surface area contributed by atoms with Gasteiger partial charge in [-0.15, -0.1) is 0 Å². The molecule has 0 aliphatic heterocycles. The maximum atomic E-state index is 11.1. The van der Waals surface area contributed by atoms with E-state index in [2.05, 4.69) is 51.3 Å². The van der Waals surface area contributed by atoms with Crippen LogP contribution in [0.2, 0.25) is 0 Å². The first-order chi connectivity index (χ1) is 10.0. The van der Waals surface area contributed by atoms with Crippen LogP contribution < -0.4 is 0 Å². The van der Waals surface area contributed by atoms with E-state index < -0.39 is 5.97 Å². The molecule has 0 bridgehead atoms. The van der Waals surface area contributed by atoms with Crippen LogP contribution in [0.1, 0.15) is 40.0 Å². The molecule has 1 rings (SSSR count). The lowest BCUT2D eigenvalue weighted by atomic mass is 10.0. The Morgan fingerprint density at radius 3 is 2.62 bits per heavy atom. The Kier molecular flexibility index (Phi) is 7.04. The number of ether oxygens (including phenoxy) is 1. The molecule has 0 amide bonds. The van der Waals surface area contributed by atoms with Gasteiger partial charge >= 0.3 is 5.97 Å². The molecular formula is C19H22O2. The highest BCUT2D eigenvalue weighted by molar-refractivity contribution is 5.82. The van der Waals surface area contributed by atoms with E-state index in [4.69, 9.17) is 4.74 Å². The summed E-state index contributed by atoms with van der Waals surface area (Å²) in [6.45, 7) is 9.61. The molecule has 0 saturated heterocycles. The van der Waals surface area contributed by atoms with Crippen LogP contribution in [0.4, 0.5) is 0 Å². The van der Waals surface area contributed by atoms with Crippen molar-refractivity contribution < 1.29 is 9.53 Å². The van der Waals surface area contributed by atoms with Gasteiger partial charge < -0.3 is 4.74 Å². The molecule has 1 aliphatic rings. The van der Waals surface area contributed by atoms with E-state index in [1.807, 2.05) is 6.08 Å². The Bertz CT molecular complexity index is 583. The zero-order chi connectivity index (χ0) is 15.7. The van der Waals surface area contributed by atoms with Crippen molar-refractivity contribution in [2.45, 2.75) is 40.0 Å². The van der Waals surface area contributed by atoms with Crippen LogP contribution in [0.25, 0.3) is 0 Å². The topological polar surface area (TPSA) is 26.3 Å². The Hall–Kier alpha value is -2.27. The summed E-state index contributed by atoms with van der Waals surface area (Å²) < 4.78 is 5.09. The largest absolute Gasteiger partial charge is 0.428 e. The maximum absolute atomic E-state index is 11.1. The minimum Gasteiger partial charge on any atom is -0.428 e. The minimum atomic E-state index is -0.415. The van der Waals surface area contributed by atoms with E-state index in [1.165, 1.54) is 11.6 Å². The fraction of sp³-hybridized carbons (Fsp3) is 0.316. The van der Waals surface area contributed by atoms with Crippen LogP contribution in [0.5, 0.6) is 0 Å². The predicted octanol–water partition coefficient (Wildman–Crippen LogP) is 4.63. The lowest BCUT2D eigenvalue weighted by Crippen LogP contribution is -2.02. The van der Waals surface area contributed by atoms with Crippen LogP contribution in [-0.4, -0.2) is 5.97 Å². The summed E-state index contributed by atoms with van der Waals surface area (Å²) in [7, 11) is 0. The molecule has 110 valence electrons. The lowest BCUT2D eigenvalue weighted by Gasteiger charge is -2.10. The molecule has 0 saturated carbocycles. The summed E-state index contributed by atoms with van der Waals surface area (Å²) in [5.41, 5.74) is 3.44. The van der Waals surface area contributed by atoms with Crippen molar-refractivity contribution in [2.24, 2.45) is 0 Å². The highest BCUT2D eigenvalue weighted by atomic mass is 16.5. The summed E-state index contributed by atoms with van der Waals surface area (Å²) in [6.07, 6.45) is 11.4. The highest BCUT2D eigenvalue weighted by Gasteiger charge is 2.08. The molecule has 1 aliphatic carbocycles. The van der Waals surface area contributed by atoms with E-state index in [0.717, 1.165) is 24.0 Å². The normalized spacial score (nSPS) is 14.1. The molecule has 0 aromatic heterocycles. The molecule has 0 fully saturated rings. The Morgan fingerprint density at radius 2 is 2.10 bits per heavy atom. The third-order valence-electron chi connectivity index (χ3n) is 2.89. The molecule has 0 aromatic rings. The fourth-order valence-corrected chi connectivity index (χ4v) is 1.65. The zero-order valence-electron chi connectivity index (χ0n) is 13.0. The Morgan fingerprint density at radius 1 is 1.33 bits per heavy atom. The van der Waals surface area contributed by atoms with Crippen molar-refractivity contribution in [3.05, 3.63) is 59.4 Å².